The van der Waals surface area contributed by atoms with Crippen molar-refractivity contribution in [3.8, 4) is 0 Å². The van der Waals surface area contributed by atoms with Crippen molar-refractivity contribution in [3.63, 3.8) is 0 Å². The molecule has 0 atom stereocenters. The summed E-state index contributed by atoms with van der Waals surface area (Å²) in [7, 11) is -3.71. The molecule has 1 N–H and O–H groups in total. The third-order valence-electron chi connectivity index (χ3n) is 9.36. The summed E-state index contributed by atoms with van der Waals surface area (Å²) >= 11 is 4.27. The molecule has 0 bridgehead atoms. The number of nitrogens with zero attached hydrogens (tertiary/aromatic N) is 1. The number of thiol groups is 1. The number of carboxylic acid groups (broad SMARTS) is 1. The second kappa shape index (κ2) is 28.9. The zero-order valence-electron chi connectivity index (χ0n) is 29.9. The maximum absolute atomic E-state index is 13.6. The van der Waals surface area contributed by atoms with Crippen LogP contribution in [0, 0.1) is 0 Å². The van der Waals surface area contributed by atoms with Crippen LogP contribution in [-0.4, -0.2) is 36.9 Å². The van der Waals surface area contributed by atoms with Crippen LogP contribution in [0.15, 0.2) is 28.0 Å². The molecule has 0 aliphatic carbocycles. The first-order valence-corrected chi connectivity index (χ1v) is 21.3. The van der Waals surface area contributed by atoms with Crippen LogP contribution >= 0.6 is 12.6 Å². The lowest BCUT2D eigenvalue weighted by Gasteiger charge is -2.23. The molecule has 0 heterocycles. The zero-order valence-corrected chi connectivity index (χ0v) is 31.6. The van der Waals surface area contributed by atoms with Gasteiger partial charge in [0.15, 0.2) is 0 Å². The van der Waals surface area contributed by atoms with Crippen LogP contribution in [0.5, 0.6) is 0 Å². The average molecular weight is 682 g/mol. The molecule has 0 fully saturated rings. The number of carbonyl (C=O) groups is 1. The van der Waals surface area contributed by atoms with Gasteiger partial charge in [-0.3, -0.25) is 0 Å². The summed E-state index contributed by atoms with van der Waals surface area (Å²) in [5.41, 5.74) is 0.0211. The highest BCUT2D eigenvalue weighted by Crippen LogP contribution is 2.24. The SMILES string of the molecule is CCCCCCCCCCCCCCCCN(CCCCCCCCCCCCCCCC)S(=O)(=O)c1ccc(C(=O)O)c(S)c1. The fourth-order valence-corrected chi connectivity index (χ4v) is 8.26. The Balaban J connectivity index is 2.39. The Morgan fingerprint density at radius 2 is 0.870 bits per heavy atom. The molecular formula is C39H71NO4S2. The molecule has 1 rings (SSSR count). The van der Waals surface area contributed by atoms with Crippen LogP contribution < -0.4 is 0 Å². The van der Waals surface area contributed by atoms with Gasteiger partial charge in [0.05, 0.1) is 10.5 Å². The molecule has 0 amide bonds. The smallest absolute Gasteiger partial charge is 0.336 e. The Bertz CT molecular complexity index is 950. The van der Waals surface area contributed by atoms with Gasteiger partial charge in [-0.05, 0) is 31.0 Å². The van der Waals surface area contributed by atoms with Crippen molar-refractivity contribution in [2.24, 2.45) is 0 Å². The standard InChI is InChI=1S/C39H71NO4S2/c1-3-5-7-9-11-13-15-17-19-21-23-25-27-29-33-40(46(43,44)36-31-32-37(39(41)42)38(45)35-36)34-30-28-26-24-22-20-18-16-14-12-10-8-6-4-2/h31-32,35,45H,3-30,33-34H2,1-2H3,(H,41,42). The van der Waals surface area contributed by atoms with Gasteiger partial charge in [0, 0.05) is 18.0 Å². The second-order valence-corrected chi connectivity index (χ2v) is 16.0. The molecule has 5 nitrogen and oxygen atoms in total. The summed E-state index contributed by atoms with van der Waals surface area (Å²) in [5.74, 6) is -1.10. The highest BCUT2D eigenvalue weighted by molar-refractivity contribution is 7.89. The summed E-state index contributed by atoms with van der Waals surface area (Å²) in [5, 5.41) is 9.35. The third-order valence-corrected chi connectivity index (χ3v) is 11.6. The van der Waals surface area contributed by atoms with Gasteiger partial charge >= 0.3 is 5.97 Å². The molecule has 0 aliphatic rings. The van der Waals surface area contributed by atoms with E-state index in [9.17, 15) is 18.3 Å². The highest BCUT2D eigenvalue weighted by Gasteiger charge is 2.25. The lowest BCUT2D eigenvalue weighted by atomic mass is 10.0. The van der Waals surface area contributed by atoms with Gasteiger partial charge in [-0.15, -0.1) is 12.6 Å². The molecule has 268 valence electrons. The largest absolute Gasteiger partial charge is 0.478 e. The molecule has 0 aromatic heterocycles. The predicted octanol–water partition coefficient (Wildman–Crippen LogP) is 12.6. The van der Waals surface area contributed by atoms with Gasteiger partial charge in [-0.25, -0.2) is 13.2 Å². The minimum Gasteiger partial charge on any atom is -0.478 e. The van der Waals surface area contributed by atoms with Crippen molar-refractivity contribution in [1.82, 2.24) is 4.31 Å². The number of sulfonamides is 1. The number of rotatable bonds is 33. The topological polar surface area (TPSA) is 74.7 Å². The molecular weight excluding hydrogens is 611 g/mol. The normalized spacial score (nSPS) is 11.9. The van der Waals surface area contributed by atoms with E-state index in [-0.39, 0.29) is 15.4 Å². The zero-order chi connectivity index (χ0) is 33.7. The van der Waals surface area contributed by atoms with Crippen LogP contribution in [0.2, 0.25) is 0 Å². The van der Waals surface area contributed by atoms with E-state index in [0.717, 1.165) is 38.5 Å². The lowest BCUT2D eigenvalue weighted by Crippen LogP contribution is -2.33. The highest BCUT2D eigenvalue weighted by atomic mass is 32.2. The van der Waals surface area contributed by atoms with E-state index >= 15 is 0 Å². The minimum absolute atomic E-state index is 0.0211. The third kappa shape index (κ3) is 21.0. The Hall–Kier alpha value is -1.05. The van der Waals surface area contributed by atoms with E-state index in [1.807, 2.05) is 0 Å². The van der Waals surface area contributed by atoms with Crippen LogP contribution in [0.4, 0.5) is 0 Å². The van der Waals surface area contributed by atoms with Crippen molar-refractivity contribution >= 4 is 28.6 Å². The van der Waals surface area contributed by atoms with Crippen LogP contribution in [-0.2, 0) is 10.0 Å². The molecule has 0 aliphatic heterocycles. The second-order valence-electron chi connectivity index (χ2n) is 13.6. The van der Waals surface area contributed by atoms with E-state index < -0.39 is 16.0 Å². The van der Waals surface area contributed by atoms with Gasteiger partial charge in [-0.1, -0.05) is 181 Å². The maximum atomic E-state index is 13.6. The van der Waals surface area contributed by atoms with Crippen molar-refractivity contribution in [1.29, 1.82) is 0 Å². The van der Waals surface area contributed by atoms with Gasteiger partial charge in [0.2, 0.25) is 10.0 Å². The number of hydrogen-bond acceptors (Lipinski definition) is 4. The fraction of sp³-hybridized carbons (Fsp3) is 0.821. The first kappa shape index (κ1) is 43.0. The summed E-state index contributed by atoms with van der Waals surface area (Å²) in [6.07, 6.45) is 35.6. The van der Waals surface area contributed by atoms with Gasteiger partial charge < -0.3 is 5.11 Å². The van der Waals surface area contributed by atoms with Gasteiger partial charge in [-0.2, -0.15) is 4.31 Å². The first-order valence-electron chi connectivity index (χ1n) is 19.4. The first-order chi connectivity index (χ1) is 22.3. The molecule has 7 heteroatoms. The minimum atomic E-state index is -3.71. The number of aromatic carboxylic acids is 1. The number of hydrogen-bond donors (Lipinski definition) is 2. The molecule has 0 unspecified atom stereocenters. The van der Waals surface area contributed by atoms with Crippen molar-refractivity contribution < 1.29 is 18.3 Å². The average Bonchev–Trinajstić information content (AvgIpc) is 3.03. The van der Waals surface area contributed by atoms with E-state index in [0.29, 0.717) is 13.1 Å². The van der Waals surface area contributed by atoms with Crippen molar-refractivity contribution in [3.05, 3.63) is 23.8 Å². The summed E-state index contributed by atoms with van der Waals surface area (Å²) in [4.78, 5) is 11.7. The quantitative estimate of drug-likeness (QED) is 0.0572. The Kier molecular flexibility index (Phi) is 27.0. The van der Waals surface area contributed by atoms with E-state index in [4.69, 9.17) is 0 Å². The Morgan fingerprint density at radius 3 is 1.15 bits per heavy atom. The molecule has 0 spiro atoms. The molecule has 1 aromatic carbocycles. The Morgan fingerprint density at radius 1 is 0.565 bits per heavy atom. The van der Waals surface area contributed by atoms with Crippen molar-refractivity contribution in [2.45, 2.75) is 203 Å². The van der Waals surface area contributed by atoms with Gasteiger partial charge in [0.1, 0.15) is 0 Å². The van der Waals surface area contributed by atoms with E-state index in [1.54, 1.807) is 4.31 Å². The van der Waals surface area contributed by atoms with E-state index in [1.165, 1.54) is 159 Å². The lowest BCUT2D eigenvalue weighted by molar-refractivity contribution is 0.0693. The van der Waals surface area contributed by atoms with Crippen LogP contribution in [0.25, 0.3) is 0 Å². The predicted molar refractivity (Wildman–Crippen MR) is 200 cm³/mol. The fourth-order valence-electron chi connectivity index (χ4n) is 6.32. The van der Waals surface area contributed by atoms with Crippen LogP contribution in [0.3, 0.4) is 0 Å². The van der Waals surface area contributed by atoms with E-state index in [2.05, 4.69) is 26.5 Å². The number of benzene rings is 1. The molecule has 0 saturated heterocycles. The Labute approximate surface area is 290 Å². The number of carboxylic acids is 1. The summed E-state index contributed by atoms with van der Waals surface area (Å²) in [6, 6.07) is 4.17. The van der Waals surface area contributed by atoms with Crippen molar-refractivity contribution in [2.75, 3.05) is 13.1 Å². The van der Waals surface area contributed by atoms with Gasteiger partial charge in [0.25, 0.3) is 0 Å². The molecule has 46 heavy (non-hydrogen) atoms. The molecule has 0 saturated carbocycles. The number of unbranched alkanes of at least 4 members (excludes halogenated alkanes) is 26. The maximum Gasteiger partial charge on any atom is 0.336 e. The summed E-state index contributed by atoms with van der Waals surface area (Å²) in [6.45, 7) is 5.56. The molecule has 1 aromatic rings. The van der Waals surface area contributed by atoms with Crippen LogP contribution in [0.1, 0.15) is 204 Å². The monoisotopic (exact) mass is 681 g/mol. The summed E-state index contributed by atoms with van der Waals surface area (Å²) < 4.78 is 28.9. The molecule has 0 radical (unpaired) electrons.